The van der Waals surface area contributed by atoms with Gasteiger partial charge in [-0.05, 0) is 37.5 Å². The van der Waals surface area contributed by atoms with Gasteiger partial charge < -0.3 is 9.80 Å². The normalized spacial score (nSPS) is 19.4. The Balaban J connectivity index is 1.47. The van der Waals surface area contributed by atoms with E-state index in [4.69, 9.17) is 0 Å². The van der Waals surface area contributed by atoms with Gasteiger partial charge in [-0.1, -0.05) is 56.3 Å². The second-order valence-corrected chi connectivity index (χ2v) is 11.5. The van der Waals surface area contributed by atoms with Crippen LogP contribution in [-0.4, -0.2) is 68.1 Å². The van der Waals surface area contributed by atoms with Gasteiger partial charge in [0.15, 0.2) is 0 Å². The van der Waals surface area contributed by atoms with E-state index in [1.54, 1.807) is 23.1 Å². The molecule has 0 spiro atoms. The number of benzene rings is 2. The second-order valence-electron chi connectivity index (χ2n) is 9.88. The number of carbonyl (C=O) groups excluding carboxylic acids is 2. The zero-order valence-electron chi connectivity index (χ0n) is 20.6. The highest BCUT2D eigenvalue weighted by Crippen LogP contribution is 2.27. The molecule has 0 aromatic heterocycles. The molecule has 2 aliphatic heterocycles. The molecule has 4 rings (SSSR count). The van der Waals surface area contributed by atoms with Crippen LogP contribution in [0.15, 0.2) is 64.5 Å². The molecule has 2 aromatic carbocycles. The topological polar surface area (TPSA) is 99.1 Å². The summed E-state index contributed by atoms with van der Waals surface area (Å²) in [5, 5.41) is 0. The van der Waals surface area contributed by atoms with Crippen LogP contribution in [0.5, 0.6) is 0 Å². The average Bonchev–Trinajstić information content (AvgIpc) is 3.12. The Morgan fingerprint density at radius 1 is 0.914 bits per heavy atom. The van der Waals surface area contributed by atoms with Gasteiger partial charge in [-0.15, -0.1) is 0 Å². The van der Waals surface area contributed by atoms with Gasteiger partial charge in [0.1, 0.15) is 11.9 Å². The fourth-order valence-electron chi connectivity index (χ4n) is 4.55. The smallest absolute Gasteiger partial charge is 0.263 e. The number of amidine groups is 1. The molecule has 0 unspecified atom stereocenters. The number of nitrogens with zero attached hydrogens (tertiary/aromatic N) is 3. The highest BCUT2D eigenvalue weighted by molar-refractivity contribution is 7.90. The molecule has 2 aromatic rings. The van der Waals surface area contributed by atoms with Crippen LogP contribution in [-0.2, 0) is 25.0 Å². The van der Waals surface area contributed by atoms with E-state index in [1.807, 2.05) is 62.9 Å². The first-order valence-corrected chi connectivity index (χ1v) is 13.3. The number of piperazine rings is 1. The Bertz CT molecular complexity index is 1250. The highest BCUT2D eigenvalue weighted by Gasteiger charge is 2.38. The predicted octanol–water partition coefficient (Wildman–Crippen LogP) is 2.40. The number of rotatable bonds is 5. The fourth-order valence-corrected chi connectivity index (χ4v) is 5.79. The van der Waals surface area contributed by atoms with Crippen LogP contribution in [0.1, 0.15) is 38.8 Å². The van der Waals surface area contributed by atoms with Crippen LogP contribution >= 0.6 is 0 Å². The summed E-state index contributed by atoms with van der Waals surface area (Å²) in [7, 11) is -3.68. The lowest BCUT2D eigenvalue weighted by molar-refractivity contribution is -0.143. The van der Waals surface area contributed by atoms with Crippen molar-refractivity contribution >= 4 is 27.7 Å². The molecule has 2 heterocycles. The van der Waals surface area contributed by atoms with Crippen molar-refractivity contribution in [1.82, 2.24) is 14.5 Å². The summed E-state index contributed by atoms with van der Waals surface area (Å²) >= 11 is 0. The molecular formula is C26H32N4O4S. The maximum absolute atomic E-state index is 13.4. The molecule has 0 aliphatic carbocycles. The van der Waals surface area contributed by atoms with Crippen molar-refractivity contribution in [2.45, 2.75) is 44.0 Å². The lowest BCUT2D eigenvalue weighted by atomic mass is 9.83. The van der Waals surface area contributed by atoms with Gasteiger partial charge in [0.2, 0.25) is 11.8 Å². The second kappa shape index (κ2) is 9.45. The zero-order chi connectivity index (χ0) is 25.4. The van der Waals surface area contributed by atoms with Crippen molar-refractivity contribution in [1.29, 1.82) is 0 Å². The van der Waals surface area contributed by atoms with E-state index in [9.17, 15) is 18.0 Å². The van der Waals surface area contributed by atoms with E-state index < -0.39 is 21.5 Å². The molecule has 0 radical (unpaired) electrons. The molecule has 9 heteroatoms. The minimum Gasteiger partial charge on any atom is -0.338 e. The van der Waals surface area contributed by atoms with Crippen molar-refractivity contribution in [3.8, 4) is 0 Å². The van der Waals surface area contributed by atoms with Crippen LogP contribution in [0.3, 0.4) is 0 Å². The summed E-state index contributed by atoms with van der Waals surface area (Å²) < 4.78 is 27.4. The van der Waals surface area contributed by atoms with E-state index in [0.717, 1.165) is 5.56 Å². The van der Waals surface area contributed by atoms with Gasteiger partial charge in [-0.2, -0.15) is 0 Å². The Hall–Kier alpha value is -3.20. The molecule has 1 fully saturated rings. The number of hydrogen-bond donors (Lipinski definition) is 1. The number of carbonyl (C=O) groups is 2. The van der Waals surface area contributed by atoms with E-state index in [-0.39, 0.29) is 28.5 Å². The highest BCUT2D eigenvalue weighted by atomic mass is 32.2. The number of hydrogen-bond acceptors (Lipinski definition) is 5. The molecule has 35 heavy (non-hydrogen) atoms. The fraction of sp³-hybridized carbons (Fsp3) is 0.423. The lowest BCUT2D eigenvalue weighted by Gasteiger charge is -2.39. The molecule has 1 saturated heterocycles. The summed E-state index contributed by atoms with van der Waals surface area (Å²) in [4.78, 5) is 35.0. The van der Waals surface area contributed by atoms with Gasteiger partial charge in [-0.3, -0.25) is 19.3 Å². The van der Waals surface area contributed by atoms with Crippen molar-refractivity contribution in [3.05, 3.63) is 65.7 Å². The Morgan fingerprint density at radius 3 is 2.11 bits per heavy atom. The van der Waals surface area contributed by atoms with Crippen LogP contribution in [0.4, 0.5) is 0 Å². The van der Waals surface area contributed by atoms with Gasteiger partial charge in [-0.25, -0.2) is 8.42 Å². The van der Waals surface area contributed by atoms with E-state index in [1.165, 1.54) is 6.07 Å². The number of nitrogens with one attached hydrogen (secondary N) is 1. The minimum absolute atomic E-state index is 0.0356. The summed E-state index contributed by atoms with van der Waals surface area (Å²) in [6, 6.07) is 15.6. The van der Waals surface area contributed by atoms with Gasteiger partial charge >= 0.3 is 0 Å². The zero-order valence-corrected chi connectivity index (χ0v) is 21.4. The maximum Gasteiger partial charge on any atom is 0.263 e. The molecule has 2 aliphatic rings. The third-order valence-electron chi connectivity index (χ3n) is 6.72. The van der Waals surface area contributed by atoms with E-state index in [2.05, 4.69) is 9.71 Å². The standard InChI is InChI=1S/C26H32N4O4S/c1-18(2)22(27-23-20-12-8-9-13-21(20)35(33,34)28-23)24(31)29-14-16-30(17-15-29)25(32)26(3,4)19-10-6-5-7-11-19/h5-13,18,22H,14-17H2,1-4H3,(H,27,28)/t22-/m0/s1. The molecule has 8 nitrogen and oxygen atoms in total. The molecule has 1 atom stereocenters. The third-order valence-corrected chi connectivity index (χ3v) is 8.12. The molecule has 0 bridgehead atoms. The first-order chi connectivity index (χ1) is 16.5. The van der Waals surface area contributed by atoms with Crippen molar-refractivity contribution in [2.75, 3.05) is 26.2 Å². The van der Waals surface area contributed by atoms with Gasteiger partial charge in [0.05, 0.1) is 10.3 Å². The monoisotopic (exact) mass is 496 g/mol. The number of sulfonamides is 1. The number of aliphatic imine (C=N–C) groups is 1. The largest absolute Gasteiger partial charge is 0.338 e. The van der Waals surface area contributed by atoms with Crippen molar-refractivity contribution in [3.63, 3.8) is 0 Å². The quantitative estimate of drug-likeness (QED) is 0.687. The van der Waals surface area contributed by atoms with Gasteiger partial charge in [0, 0.05) is 31.7 Å². The molecule has 2 amide bonds. The minimum atomic E-state index is -3.68. The van der Waals surface area contributed by atoms with Crippen LogP contribution < -0.4 is 4.72 Å². The molecule has 0 saturated carbocycles. The number of fused-ring (bicyclic) bond motifs is 1. The average molecular weight is 497 g/mol. The van der Waals surface area contributed by atoms with E-state index in [0.29, 0.717) is 31.7 Å². The van der Waals surface area contributed by atoms with Crippen LogP contribution in [0, 0.1) is 5.92 Å². The summed E-state index contributed by atoms with van der Waals surface area (Å²) in [5.74, 6) is -0.0612. The lowest BCUT2D eigenvalue weighted by Crippen LogP contribution is -2.56. The maximum atomic E-state index is 13.4. The first kappa shape index (κ1) is 24.9. The molecule has 186 valence electrons. The Morgan fingerprint density at radius 2 is 1.49 bits per heavy atom. The summed E-state index contributed by atoms with van der Waals surface area (Å²) in [5.41, 5.74) is 0.774. The third kappa shape index (κ3) is 4.82. The first-order valence-electron chi connectivity index (χ1n) is 11.9. The van der Waals surface area contributed by atoms with Crippen LogP contribution in [0.2, 0.25) is 0 Å². The summed E-state index contributed by atoms with van der Waals surface area (Å²) in [6.45, 7) is 9.34. The Kier molecular flexibility index (Phi) is 6.73. The number of amides is 2. The van der Waals surface area contributed by atoms with Gasteiger partial charge in [0.25, 0.3) is 10.0 Å². The van der Waals surface area contributed by atoms with Crippen molar-refractivity contribution < 1.29 is 18.0 Å². The Labute approximate surface area is 207 Å². The molecule has 1 N–H and O–H groups in total. The SMILES string of the molecule is CC(C)[C@H](N=C1NS(=O)(=O)c2ccccc21)C(=O)N1CCN(C(=O)C(C)(C)c2ccccc2)CC1. The predicted molar refractivity (Wildman–Crippen MR) is 135 cm³/mol. The molecular weight excluding hydrogens is 464 g/mol. The van der Waals surface area contributed by atoms with Crippen molar-refractivity contribution in [2.24, 2.45) is 10.9 Å². The summed E-state index contributed by atoms with van der Waals surface area (Å²) in [6.07, 6.45) is 0. The van der Waals surface area contributed by atoms with Crippen LogP contribution in [0.25, 0.3) is 0 Å². The van der Waals surface area contributed by atoms with E-state index >= 15 is 0 Å².